The molecule has 0 saturated heterocycles. The van der Waals surface area contributed by atoms with Crippen molar-refractivity contribution in [3.8, 4) is 11.3 Å². The highest BCUT2D eigenvalue weighted by Gasteiger charge is 2.08. The van der Waals surface area contributed by atoms with Crippen LogP contribution in [0.5, 0.6) is 0 Å². The van der Waals surface area contributed by atoms with E-state index in [1.54, 1.807) is 0 Å². The van der Waals surface area contributed by atoms with Gasteiger partial charge >= 0.3 is 0 Å². The van der Waals surface area contributed by atoms with Crippen molar-refractivity contribution in [2.75, 3.05) is 5.73 Å². The maximum absolute atomic E-state index is 5.76. The summed E-state index contributed by atoms with van der Waals surface area (Å²) in [4.78, 5) is 8.57. The molecule has 3 heteroatoms. The predicted molar refractivity (Wildman–Crippen MR) is 70.7 cm³/mol. The predicted octanol–water partition coefficient (Wildman–Crippen LogP) is 3.16. The lowest BCUT2D eigenvalue weighted by atomic mass is 10.0. The van der Waals surface area contributed by atoms with Crippen LogP contribution in [0.25, 0.3) is 11.3 Å². The monoisotopic (exact) mass is 227 g/mol. The Bertz CT molecular complexity index is 533. The lowest BCUT2D eigenvalue weighted by molar-refractivity contribution is 0.819. The Morgan fingerprint density at radius 3 is 2.47 bits per heavy atom. The molecule has 2 rings (SSSR count). The van der Waals surface area contributed by atoms with Gasteiger partial charge in [-0.2, -0.15) is 0 Å². The van der Waals surface area contributed by atoms with Crippen molar-refractivity contribution < 1.29 is 0 Å². The van der Waals surface area contributed by atoms with Gasteiger partial charge in [-0.1, -0.05) is 38.1 Å². The van der Waals surface area contributed by atoms with Crippen LogP contribution in [-0.4, -0.2) is 9.97 Å². The minimum Gasteiger partial charge on any atom is -0.368 e. The van der Waals surface area contributed by atoms with Crippen LogP contribution in [0.15, 0.2) is 30.3 Å². The summed E-state index contributed by atoms with van der Waals surface area (Å²) in [6.07, 6.45) is 0. The molecule has 0 aliphatic rings. The Kier molecular flexibility index (Phi) is 3.09. The molecule has 0 radical (unpaired) electrons. The Balaban J connectivity index is 2.56. The highest BCUT2D eigenvalue weighted by atomic mass is 15.0. The van der Waals surface area contributed by atoms with Gasteiger partial charge in [-0.3, -0.25) is 0 Å². The number of aryl methyl sites for hydroxylation is 1. The third kappa shape index (κ3) is 2.44. The Morgan fingerprint density at radius 2 is 1.82 bits per heavy atom. The molecule has 0 bridgehead atoms. The van der Waals surface area contributed by atoms with Crippen LogP contribution in [-0.2, 0) is 0 Å². The number of benzene rings is 1. The fraction of sp³-hybridized carbons (Fsp3) is 0.286. The second kappa shape index (κ2) is 4.53. The molecule has 0 aliphatic carbocycles. The van der Waals surface area contributed by atoms with Crippen molar-refractivity contribution in [2.45, 2.75) is 26.7 Å². The van der Waals surface area contributed by atoms with Crippen LogP contribution in [0, 0.1) is 6.92 Å². The normalized spacial score (nSPS) is 10.8. The average molecular weight is 227 g/mol. The molecule has 3 nitrogen and oxygen atoms in total. The average Bonchev–Trinajstić information content (AvgIpc) is 2.28. The van der Waals surface area contributed by atoms with Gasteiger partial charge in [-0.05, 0) is 24.5 Å². The molecule has 88 valence electrons. The number of nitrogens with zero attached hydrogens (tertiary/aromatic N) is 2. The molecule has 0 spiro atoms. The van der Waals surface area contributed by atoms with E-state index in [2.05, 4.69) is 42.9 Å². The largest absolute Gasteiger partial charge is 0.368 e. The molecule has 1 heterocycles. The van der Waals surface area contributed by atoms with Gasteiger partial charge in [0.15, 0.2) is 0 Å². The Morgan fingerprint density at radius 1 is 1.12 bits per heavy atom. The van der Waals surface area contributed by atoms with Gasteiger partial charge in [0.25, 0.3) is 0 Å². The zero-order valence-electron chi connectivity index (χ0n) is 10.4. The third-order valence-electron chi connectivity index (χ3n) is 2.78. The lowest BCUT2D eigenvalue weighted by Gasteiger charge is -2.10. The molecular formula is C14H17N3. The molecule has 0 unspecified atom stereocenters. The molecule has 0 aliphatic heterocycles. The van der Waals surface area contributed by atoms with Crippen LogP contribution < -0.4 is 5.73 Å². The third-order valence-corrected chi connectivity index (χ3v) is 2.78. The molecule has 0 amide bonds. The number of hydrogen-bond donors (Lipinski definition) is 1. The van der Waals surface area contributed by atoms with E-state index in [1.807, 2.05) is 18.2 Å². The lowest BCUT2D eigenvalue weighted by Crippen LogP contribution is -2.02. The van der Waals surface area contributed by atoms with Crippen molar-refractivity contribution in [3.63, 3.8) is 0 Å². The van der Waals surface area contributed by atoms with Crippen molar-refractivity contribution >= 4 is 5.95 Å². The summed E-state index contributed by atoms with van der Waals surface area (Å²) in [6.45, 7) is 6.27. The fourth-order valence-electron chi connectivity index (χ4n) is 1.78. The summed E-state index contributed by atoms with van der Waals surface area (Å²) in [5.74, 6) is 0.692. The van der Waals surface area contributed by atoms with E-state index < -0.39 is 0 Å². The van der Waals surface area contributed by atoms with Crippen molar-refractivity contribution in [3.05, 3.63) is 41.6 Å². The highest BCUT2D eigenvalue weighted by molar-refractivity contribution is 5.64. The number of hydrogen-bond acceptors (Lipinski definition) is 3. The van der Waals surface area contributed by atoms with E-state index in [-0.39, 0.29) is 0 Å². The van der Waals surface area contributed by atoms with E-state index in [1.165, 1.54) is 5.56 Å². The topological polar surface area (TPSA) is 51.8 Å². The standard InChI is InChI=1S/C14H17N3/c1-9(2)12-8-13(17-14(15)16-12)11-7-5-4-6-10(11)3/h4-9H,1-3H3,(H2,15,16,17). The first kappa shape index (κ1) is 11.6. The van der Waals surface area contributed by atoms with E-state index in [0.29, 0.717) is 11.9 Å². The Hall–Kier alpha value is -1.90. The summed E-state index contributed by atoms with van der Waals surface area (Å²) in [7, 11) is 0. The van der Waals surface area contributed by atoms with Crippen LogP contribution in [0.2, 0.25) is 0 Å². The summed E-state index contributed by atoms with van der Waals surface area (Å²) < 4.78 is 0. The van der Waals surface area contributed by atoms with Crippen molar-refractivity contribution in [2.24, 2.45) is 0 Å². The zero-order chi connectivity index (χ0) is 12.4. The van der Waals surface area contributed by atoms with Crippen molar-refractivity contribution in [1.82, 2.24) is 9.97 Å². The quantitative estimate of drug-likeness (QED) is 0.857. The van der Waals surface area contributed by atoms with Crippen LogP contribution >= 0.6 is 0 Å². The van der Waals surface area contributed by atoms with Crippen molar-refractivity contribution in [1.29, 1.82) is 0 Å². The molecule has 1 aromatic carbocycles. The van der Waals surface area contributed by atoms with E-state index in [0.717, 1.165) is 17.0 Å². The maximum atomic E-state index is 5.76. The molecule has 2 N–H and O–H groups in total. The van der Waals surface area contributed by atoms with Gasteiger partial charge in [0.1, 0.15) is 0 Å². The van der Waals surface area contributed by atoms with Crippen LogP contribution in [0.3, 0.4) is 0 Å². The number of aromatic nitrogens is 2. The number of nitrogens with two attached hydrogens (primary N) is 1. The molecule has 1 aromatic heterocycles. The second-order valence-corrected chi connectivity index (χ2v) is 4.51. The summed E-state index contributed by atoms with van der Waals surface area (Å²) >= 11 is 0. The zero-order valence-corrected chi connectivity index (χ0v) is 10.4. The SMILES string of the molecule is Cc1ccccc1-c1cc(C(C)C)nc(N)n1. The van der Waals surface area contributed by atoms with E-state index >= 15 is 0 Å². The highest BCUT2D eigenvalue weighted by Crippen LogP contribution is 2.24. The number of anilines is 1. The smallest absolute Gasteiger partial charge is 0.220 e. The van der Waals surface area contributed by atoms with Crippen LogP contribution in [0.1, 0.15) is 31.0 Å². The second-order valence-electron chi connectivity index (χ2n) is 4.51. The van der Waals surface area contributed by atoms with Crippen LogP contribution in [0.4, 0.5) is 5.95 Å². The van der Waals surface area contributed by atoms with Gasteiger partial charge < -0.3 is 5.73 Å². The number of rotatable bonds is 2. The summed E-state index contributed by atoms with van der Waals surface area (Å²) in [6, 6.07) is 10.2. The molecule has 0 atom stereocenters. The van der Waals surface area contributed by atoms with E-state index in [9.17, 15) is 0 Å². The number of nitrogen functional groups attached to an aromatic ring is 1. The summed E-state index contributed by atoms with van der Waals surface area (Å²) in [5, 5.41) is 0. The minimum atomic E-state index is 0.342. The molecule has 0 saturated carbocycles. The van der Waals surface area contributed by atoms with E-state index in [4.69, 9.17) is 5.73 Å². The first-order valence-corrected chi connectivity index (χ1v) is 5.78. The molecular weight excluding hydrogens is 210 g/mol. The maximum Gasteiger partial charge on any atom is 0.220 e. The van der Waals surface area contributed by atoms with Gasteiger partial charge in [-0.15, -0.1) is 0 Å². The Labute approximate surface area is 102 Å². The molecule has 2 aromatic rings. The fourth-order valence-corrected chi connectivity index (χ4v) is 1.78. The molecule has 0 fully saturated rings. The minimum absolute atomic E-state index is 0.342. The van der Waals surface area contributed by atoms with Gasteiger partial charge in [-0.25, -0.2) is 9.97 Å². The molecule has 17 heavy (non-hydrogen) atoms. The summed E-state index contributed by atoms with van der Waals surface area (Å²) in [5.41, 5.74) is 9.96. The van der Waals surface area contributed by atoms with Gasteiger partial charge in [0.05, 0.1) is 5.69 Å². The first-order valence-electron chi connectivity index (χ1n) is 5.78. The van der Waals surface area contributed by atoms with Gasteiger partial charge in [0.2, 0.25) is 5.95 Å². The first-order chi connectivity index (χ1) is 8.08. The van der Waals surface area contributed by atoms with Gasteiger partial charge in [0, 0.05) is 11.3 Å².